The van der Waals surface area contributed by atoms with Crippen molar-refractivity contribution < 1.29 is 22.7 Å². The van der Waals surface area contributed by atoms with Crippen LogP contribution in [0.15, 0.2) is 12.1 Å². The number of sulfone groups is 1. The third kappa shape index (κ3) is 2.55. The number of carboxylic acid groups (broad SMARTS) is 1. The zero-order valence-electron chi connectivity index (χ0n) is 10.8. The number of anilines is 2. The molecule has 1 aliphatic heterocycles. The normalized spacial score (nSPS) is 21.7. The van der Waals surface area contributed by atoms with Gasteiger partial charge in [-0.1, -0.05) is 0 Å². The van der Waals surface area contributed by atoms with E-state index in [0.29, 0.717) is 0 Å². The number of nitrogen functional groups attached to an aromatic ring is 1. The Hall–Kier alpha value is -1.83. The number of nitrogens with two attached hydrogens (primary N) is 1. The number of aromatic carboxylic acids is 1. The van der Waals surface area contributed by atoms with Gasteiger partial charge in [0.15, 0.2) is 9.84 Å². The van der Waals surface area contributed by atoms with Crippen LogP contribution in [0.2, 0.25) is 0 Å². The lowest BCUT2D eigenvalue weighted by molar-refractivity contribution is 0.0698. The molecule has 20 heavy (non-hydrogen) atoms. The lowest BCUT2D eigenvalue weighted by Crippen LogP contribution is -2.47. The van der Waals surface area contributed by atoms with E-state index in [-0.39, 0.29) is 29.3 Å². The van der Waals surface area contributed by atoms with Crippen LogP contribution in [-0.4, -0.2) is 43.6 Å². The van der Waals surface area contributed by atoms with Crippen molar-refractivity contribution in [3.63, 3.8) is 0 Å². The molecule has 1 saturated heterocycles. The molecule has 0 saturated carbocycles. The quantitative estimate of drug-likeness (QED) is 0.781. The van der Waals surface area contributed by atoms with E-state index in [1.54, 1.807) is 11.8 Å². The summed E-state index contributed by atoms with van der Waals surface area (Å²) >= 11 is 0. The third-order valence-corrected chi connectivity index (χ3v) is 5.16. The number of carbonyl (C=O) groups is 1. The molecule has 1 fully saturated rings. The van der Waals surface area contributed by atoms with Crippen molar-refractivity contribution in [1.29, 1.82) is 0 Å². The Labute approximate surface area is 115 Å². The molecular weight excluding hydrogens is 287 g/mol. The highest BCUT2D eigenvalue weighted by Crippen LogP contribution is 2.31. The van der Waals surface area contributed by atoms with E-state index in [9.17, 15) is 22.7 Å². The molecule has 0 aromatic heterocycles. The summed E-state index contributed by atoms with van der Waals surface area (Å²) in [5.74, 6) is -2.27. The van der Waals surface area contributed by atoms with E-state index >= 15 is 0 Å². The van der Waals surface area contributed by atoms with E-state index < -0.39 is 33.4 Å². The van der Waals surface area contributed by atoms with Gasteiger partial charge in [0.1, 0.15) is 11.4 Å². The predicted molar refractivity (Wildman–Crippen MR) is 73.2 cm³/mol. The molecule has 1 aromatic carbocycles. The summed E-state index contributed by atoms with van der Waals surface area (Å²) in [6, 6.07) is 2.02. The summed E-state index contributed by atoms with van der Waals surface area (Å²) in [5.41, 5.74) is 4.98. The first-order valence-corrected chi connectivity index (χ1v) is 7.83. The first kappa shape index (κ1) is 14.6. The van der Waals surface area contributed by atoms with Crippen LogP contribution in [0.3, 0.4) is 0 Å². The predicted octanol–water partition coefficient (Wildman–Crippen LogP) is 0.729. The number of benzene rings is 1. The van der Waals surface area contributed by atoms with Crippen LogP contribution in [0.1, 0.15) is 17.3 Å². The minimum atomic E-state index is -3.12. The van der Waals surface area contributed by atoms with Gasteiger partial charge in [-0.25, -0.2) is 17.6 Å². The number of hydrogen-bond acceptors (Lipinski definition) is 5. The molecule has 0 radical (unpaired) electrons. The SMILES string of the molecule is CC1CS(=O)(=O)CCN1c1ccc(F)c(N)c1C(=O)O. The summed E-state index contributed by atoms with van der Waals surface area (Å²) in [4.78, 5) is 12.9. The highest BCUT2D eigenvalue weighted by atomic mass is 32.2. The second-order valence-electron chi connectivity index (χ2n) is 4.82. The van der Waals surface area contributed by atoms with Crippen LogP contribution >= 0.6 is 0 Å². The topological polar surface area (TPSA) is 101 Å². The Morgan fingerprint density at radius 2 is 2.15 bits per heavy atom. The van der Waals surface area contributed by atoms with E-state index in [4.69, 9.17) is 5.73 Å². The fourth-order valence-electron chi connectivity index (χ4n) is 2.40. The molecule has 1 atom stereocenters. The van der Waals surface area contributed by atoms with Crippen molar-refractivity contribution in [3.8, 4) is 0 Å². The lowest BCUT2D eigenvalue weighted by Gasteiger charge is -2.36. The number of carboxylic acids is 1. The smallest absolute Gasteiger partial charge is 0.340 e. The molecule has 0 aliphatic carbocycles. The first-order chi connectivity index (χ1) is 9.23. The second-order valence-corrected chi connectivity index (χ2v) is 7.05. The van der Waals surface area contributed by atoms with E-state index in [1.165, 1.54) is 6.07 Å². The van der Waals surface area contributed by atoms with Gasteiger partial charge >= 0.3 is 5.97 Å². The average molecular weight is 302 g/mol. The van der Waals surface area contributed by atoms with Crippen molar-refractivity contribution >= 4 is 27.2 Å². The van der Waals surface area contributed by atoms with Gasteiger partial charge in [0.05, 0.1) is 22.9 Å². The van der Waals surface area contributed by atoms with Gasteiger partial charge < -0.3 is 15.7 Å². The van der Waals surface area contributed by atoms with Crippen LogP contribution in [0.4, 0.5) is 15.8 Å². The van der Waals surface area contributed by atoms with Crippen molar-refractivity contribution in [2.24, 2.45) is 0 Å². The fourth-order valence-corrected chi connectivity index (χ4v) is 3.96. The van der Waals surface area contributed by atoms with Crippen molar-refractivity contribution in [3.05, 3.63) is 23.5 Å². The van der Waals surface area contributed by atoms with Crippen LogP contribution in [0.25, 0.3) is 0 Å². The molecule has 0 bridgehead atoms. The van der Waals surface area contributed by atoms with E-state index in [1.807, 2.05) is 0 Å². The minimum Gasteiger partial charge on any atom is -0.478 e. The third-order valence-electron chi connectivity index (χ3n) is 3.36. The molecule has 3 N–H and O–H groups in total. The van der Waals surface area contributed by atoms with Gasteiger partial charge in [-0.2, -0.15) is 0 Å². The number of hydrogen-bond donors (Lipinski definition) is 2. The summed E-state index contributed by atoms with van der Waals surface area (Å²) < 4.78 is 36.5. The van der Waals surface area contributed by atoms with Gasteiger partial charge in [-0.15, -0.1) is 0 Å². The summed E-state index contributed by atoms with van der Waals surface area (Å²) in [5, 5.41) is 9.20. The van der Waals surface area contributed by atoms with Crippen molar-refractivity contribution in [2.75, 3.05) is 28.7 Å². The summed E-state index contributed by atoms with van der Waals surface area (Å²) in [7, 11) is -3.12. The molecule has 1 unspecified atom stereocenters. The van der Waals surface area contributed by atoms with Crippen molar-refractivity contribution in [2.45, 2.75) is 13.0 Å². The minimum absolute atomic E-state index is 0.0618. The monoisotopic (exact) mass is 302 g/mol. The maximum absolute atomic E-state index is 13.4. The van der Waals surface area contributed by atoms with Gasteiger partial charge in [-0.05, 0) is 19.1 Å². The molecule has 0 amide bonds. The van der Waals surface area contributed by atoms with Crippen LogP contribution < -0.4 is 10.6 Å². The maximum atomic E-state index is 13.4. The molecule has 0 spiro atoms. The fraction of sp³-hybridized carbons (Fsp3) is 0.417. The van der Waals surface area contributed by atoms with Gasteiger partial charge in [0, 0.05) is 12.6 Å². The van der Waals surface area contributed by atoms with Crippen LogP contribution in [-0.2, 0) is 9.84 Å². The molecule has 1 aliphatic rings. The molecular formula is C12H15FN2O4S. The number of halogens is 1. The Bertz CT molecular complexity index is 660. The number of rotatable bonds is 2. The highest BCUT2D eigenvalue weighted by Gasteiger charge is 2.31. The molecule has 2 rings (SSSR count). The highest BCUT2D eigenvalue weighted by molar-refractivity contribution is 7.91. The Balaban J connectivity index is 2.49. The second kappa shape index (κ2) is 4.93. The summed E-state index contributed by atoms with van der Waals surface area (Å²) in [6.07, 6.45) is 0. The zero-order valence-corrected chi connectivity index (χ0v) is 11.7. The number of nitrogens with zero attached hydrogens (tertiary/aromatic N) is 1. The Morgan fingerprint density at radius 3 is 2.70 bits per heavy atom. The van der Waals surface area contributed by atoms with Crippen molar-refractivity contribution in [1.82, 2.24) is 0 Å². The van der Waals surface area contributed by atoms with Crippen LogP contribution in [0.5, 0.6) is 0 Å². The first-order valence-electron chi connectivity index (χ1n) is 6.01. The summed E-state index contributed by atoms with van der Waals surface area (Å²) in [6.45, 7) is 1.84. The molecule has 110 valence electrons. The average Bonchev–Trinajstić information content (AvgIpc) is 2.31. The van der Waals surface area contributed by atoms with Gasteiger partial charge in [0.25, 0.3) is 0 Å². The molecule has 8 heteroatoms. The van der Waals surface area contributed by atoms with Gasteiger partial charge in [0.2, 0.25) is 0 Å². The van der Waals surface area contributed by atoms with E-state index in [2.05, 4.69) is 0 Å². The molecule has 1 aromatic rings. The zero-order chi connectivity index (χ0) is 15.1. The maximum Gasteiger partial charge on any atom is 0.340 e. The standard InChI is InChI=1S/C12H15FN2O4S/c1-7-6-20(18,19)5-4-15(7)9-3-2-8(13)11(14)10(9)12(16)17/h2-3,7H,4-6,14H2,1H3,(H,16,17). The van der Waals surface area contributed by atoms with E-state index in [0.717, 1.165) is 6.07 Å². The largest absolute Gasteiger partial charge is 0.478 e. The molecule has 6 nitrogen and oxygen atoms in total. The molecule has 1 heterocycles. The Morgan fingerprint density at radius 1 is 1.50 bits per heavy atom. The van der Waals surface area contributed by atoms with Gasteiger partial charge in [-0.3, -0.25) is 0 Å². The lowest BCUT2D eigenvalue weighted by atomic mass is 10.1. The van der Waals surface area contributed by atoms with Crippen LogP contribution in [0, 0.1) is 5.82 Å². The Kier molecular flexibility index (Phi) is 3.59.